The van der Waals surface area contributed by atoms with E-state index in [0.717, 1.165) is 0 Å². The number of hydrogen-bond donors (Lipinski definition) is 2. The molecule has 0 bridgehead atoms. The third-order valence-electron chi connectivity index (χ3n) is 10.1. The van der Waals surface area contributed by atoms with E-state index < -0.39 is 27.3 Å². The zero-order chi connectivity index (χ0) is 34.3. The van der Waals surface area contributed by atoms with E-state index >= 15 is 0 Å². The Morgan fingerprint density at radius 1 is 0.320 bits per heavy atom. The third-order valence-corrected chi connectivity index (χ3v) is 18.3. The predicted octanol–water partition coefficient (Wildman–Crippen LogP) is 4.45. The maximum atomic E-state index is 12.1. The second-order valence-corrected chi connectivity index (χ2v) is 20.2. The van der Waals surface area contributed by atoms with Gasteiger partial charge in [-0.1, -0.05) is 194 Å². The first kappa shape index (κ1) is 33.3. The monoisotopic (exact) mass is 680 g/mol. The predicted molar refractivity (Wildman–Crippen MR) is 212 cm³/mol. The van der Waals surface area contributed by atoms with E-state index in [9.17, 15) is 10.2 Å². The molecule has 2 nitrogen and oxygen atoms in total. The quantitative estimate of drug-likeness (QED) is 0.155. The van der Waals surface area contributed by atoms with Crippen molar-refractivity contribution >= 4 is 47.3 Å². The van der Waals surface area contributed by atoms with Crippen LogP contribution in [0.4, 0.5) is 0 Å². The summed E-state index contributed by atoms with van der Waals surface area (Å²) in [6.07, 6.45) is 1.35. The van der Waals surface area contributed by atoms with Crippen molar-refractivity contribution in [3.63, 3.8) is 0 Å². The fourth-order valence-corrected chi connectivity index (χ4v) is 15.2. The summed E-state index contributed by atoms with van der Waals surface area (Å²) in [6.45, 7) is 0. The smallest absolute Gasteiger partial charge is 0.229 e. The highest BCUT2D eigenvalue weighted by molar-refractivity contribution is 7.17. The summed E-state index contributed by atoms with van der Waals surface area (Å²) in [5.41, 5.74) is 5.06. The largest absolute Gasteiger partial charge is 0.378 e. The van der Waals surface area contributed by atoms with E-state index in [1.54, 1.807) is 0 Å². The van der Waals surface area contributed by atoms with Crippen molar-refractivity contribution < 1.29 is 10.2 Å². The molecule has 2 N–H and O–H groups in total. The Hall–Kier alpha value is -5.21. The molecule has 1 aliphatic rings. The summed E-state index contributed by atoms with van der Waals surface area (Å²) in [5, 5.41) is 31.2. The van der Waals surface area contributed by atoms with E-state index in [1.807, 2.05) is 36.4 Å². The number of rotatable bonds is 6. The van der Waals surface area contributed by atoms with Gasteiger partial charge in [0, 0.05) is 0 Å². The normalized spacial score (nSPS) is 18.9. The van der Waals surface area contributed by atoms with Crippen molar-refractivity contribution in [3.8, 4) is 22.9 Å². The molecule has 1 saturated carbocycles. The van der Waals surface area contributed by atoms with Crippen LogP contribution >= 0.6 is 0 Å². The van der Waals surface area contributed by atoms with Gasteiger partial charge in [-0.25, -0.2) is 0 Å². The lowest BCUT2D eigenvalue weighted by Crippen LogP contribution is -2.66. The summed E-state index contributed by atoms with van der Waals surface area (Å²) in [7, 11) is -5.70. The van der Waals surface area contributed by atoms with Crippen molar-refractivity contribution in [1.29, 1.82) is 0 Å². The number of benzene rings is 6. The van der Waals surface area contributed by atoms with Crippen molar-refractivity contribution in [1.82, 2.24) is 0 Å². The van der Waals surface area contributed by atoms with Gasteiger partial charge in [0.05, 0.1) is 0 Å². The highest BCUT2D eigenvalue weighted by Crippen LogP contribution is 2.34. The molecule has 6 aromatic rings. The topological polar surface area (TPSA) is 40.5 Å². The lowest BCUT2D eigenvalue weighted by molar-refractivity contribution is -0.0218. The Morgan fingerprint density at radius 2 is 0.500 bits per heavy atom. The first-order chi connectivity index (χ1) is 24.5. The molecule has 0 amide bonds. The van der Waals surface area contributed by atoms with Crippen molar-refractivity contribution in [2.75, 3.05) is 0 Å². The van der Waals surface area contributed by atoms with Crippen LogP contribution in [0.25, 0.3) is 0 Å². The van der Waals surface area contributed by atoms with Crippen LogP contribution in [0, 0.1) is 22.9 Å². The summed E-state index contributed by atoms with van der Waals surface area (Å²) >= 11 is 0. The number of hydrogen-bond acceptors (Lipinski definition) is 2. The molecule has 1 aliphatic carbocycles. The van der Waals surface area contributed by atoms with Gasteiger partial charge in [-0.05, 0) is 56.8 Å². The molecule has 0 saturated heterocycles. The van der Waals surface area contributed by atoms with Crippen molar-refractivity contribution in [3.05, 3.63) is 182 Å². The first-order valence-electron chi connectivity index (χ1n) is 17.3. The van der Waals surface area contributed by atoms with Crippen LogP contribution < -0.4 is 31.1 Å². The fourth-order valence-electron chi connectivity index (χ4n) is 7.31. The summed E-state index contributed by atoms with van der Waals surface area (Å²) < 4.78 is 0. The molecule has 50 heavy (non-hydrogen) atoms. The van der Waals surface area contributed by atoms with E-state index in [2.05, 4.69) is 169 Å². The lowest BCUT2D eigenvalue weighted by Gasteiger charge is -2.37. The molecule has 244 valence electrons. The first-order valence-corrected chi connectivity index (χ1v) is 21.3. The van der Waals surface area contributed by atoms with E-state index in [-0.39, 0.29) is 0 Å². The standard InChI is InChI=1S/C46H40O2Si2/c47-45(35-37-49(39-19-7-1-8-20-39,40-21-9-2-10-22-40)41-23-11-3-12-24-41)31-33-46(48,34-32-45)36-38-50(42-25-13-4-14-26-42,43-27-15-5-16-28-43)44-29-17-6-18-30-44/h1-30,47-48H,31-34H2. The lowest BCUT2D eigenvalue weighted by atomic mass is 9.77. The molecule has 7 rings (SSSR count). The van der Waals surface area contributed by atoms with Crippen LogP contribution in [0.3, 0.4) is 0 Å². The zero-order valence-corrected chi connectivity index (χ0v) is 30.0. The van der Waals surface area contributed by atoms with Crippen LogP contribution in [0.2, 0.25) is 0 Å². The Kier molecular flexibility index (Phi) is 9.55. The maximum absolute atomic E-state index is 12.1. The number of aliphatic hydroxyl groups is 2. The average molecular weight is 681 g/mol. The van der Waals surface area contributed by atoms with Crippen molar-refractivity contribution in [2.24, 2.45) is 0 Å². The van der Waals surface area contributed by atoms with Gasteiger partial charge in [0.25, 0.3) is 0 Å². The molecule has 6 aromatic carbocycles. The maximum Gasteiger partial charge on any atom is 0.229 e. The van der Waals surface area contributed by atoms with Crippen molar-refractivity contribution in [2.45, 2.75) is 36.9 Å². The summed E-state index contributed by atoms with van der Waals surface area (Å²) in [5.74, 6) is 6.88. The minimum Gasteiger partial charge on any atom is -0.378 e. The second-order valence-electron chi connectivity index (χ2n) is 13.3. The van der Waals surface area contributed by atoms with E-state index in [0.29, 0.717) is 25.7 Å². The molecule has 0 spiro atoms. The third kappa shape index (κ3) is 6.55. The van der Waals surface area contributed by atoms with Crippen LogP contribution in [-0.2, 0) is 0 Å². The van der Waals surface area contributed by atoms with Gasteiger partial charge in [0.2, 0.25) is 16.1 Å². The van der Waals surface area contributed by atoms with Gasteiger partial charge in [-0.2, -0.15) is 0 Å². The summed E-state index contributed by atoms with van der Waals surface area (Å²) in [4.78, 5) is 0. The van der Waals surface area contributed by atoms with E-state index in [4.69, 9.17) is 0 Å². The molecule has 0 radical (unpaired) electrons. The van der Waals surface area contributed by atoms with Crippen LogP contribution in [0.1, 0.15) is 25.7 Å². The molecule has 0 aromatic heterocycles. The Morgan fingerprint density at radius 3 is 0.680 bits per heavy atom. The van der Waals surface area contributed by atoms with Crippen LogP contribution in [0.5, 0.6) is 0 Å². The Labute approximate surface area is 298 Å². The Balaban J connectivity index is 1.27. The molecule has 1 fully saturated rings. The molecular formula is C46H40O2Si2. The van der Waals surface area contributed by atoms with Gasteiger partial charge in [-0.3, -0.25) is 0 Å². The summed E-state index contributed by atoms with van der Waals surface area (Å²) in [6, 6.07) is 63.1. The highest BCUT2D eigenvalue weighted by Gasteiger charge is 2.43. The van der Waals surface area contributed by atoms with Gasteiger partial charge >= 0.3 is 0 Å². The molecule has 0 heterocycles. The molecular weight excluding hydrogens is 641 g/mol. The Bertz CT molecular complexity index is 1770. The highest BCUT2D eigenvalue weighted by atomic mass is 28.3. The van der Waals surface area contributed by atoms with E-state index in [1.165, 1.54) is 31.1 Å². The molecule has 0 atom stereocenters. The molecule has 0 aliphatic heterocycles. The minimum atomic E-state index is -2.85. The van der Waals surface area contributed by atoms with Crippen LogP contribution in [0.15, 0.2) is 182 Å². The van der Waals surface area contributed by atoms with Gasteiger partial charge in [0.15, 0.2) is 0 Å². The minimum absolute atomic E-state index is 0.338. The van der Waals surface area contributed by atoms with Gasteiger partial charge < -0.3 is 10.2 Å². The SMILES string of the molecule is OC1(C#C[Si](c2ccccc2)(c2ccccc2)c2ccccc2)CCC(O)(C#C[Si](c2ccccc2)(c2ccccc2)c2ccccc2)CC1. The fraction of sp³-hybridized carbons (Fsp3) is 0.130. The molecule has 0 unspecified atom stereocenters. The van der Waals surface area contributed by atoms with Crippen LogP contribution in [-0.4, -0.2) is 37.6 Å². The zero-order valence-electron chi connectivity index (χ0n) is 28.0. The molecule has 4 heteroatoms. The second kappa shape index (κ2) is 14.3. The van der Waals surface area contributed by atoms with Gasteiger partial charge in [0.1, 0.15) is 11.2 Å². The average Bonchev–Trinajstić information content (AvgIpc) is 3.19. The van der Waals surface area contributed by atoms with Gasteiger partial charge in [-0.15, -0.1) is 11.1 Å².